The predicted octanol–water partition coefficient (Wildman–Crippen LogP) is 4.31. The van der Waals surface area contributed by atoms with Crippen LogP contribution in [0.15, 0.2) is 30.5 Å². The molecule has 0 aliphatic heterocycles. The lowest BCUT2D eigenvalue weighted by Crippen LogP contribution is -1.99. The van der Waals surface area contributed by atoms with Crippen molar-refractivity contribution in [2.45, 2.75) is 26.7 Å². The Morgan fingerprint density at radius 2 is 2.06 bits per heavy atom. The van der Waals surface area contributed by atoms with Crippen LogP contribution in [0.2, 0.25) is 5.28 Å². The first-order chi connectivity index (χ1) is 8.56. The highest BCUT2D eigenvalue weighted by molar-refractivity contribution is 6.28. The Morgan fingerprint density at radius 1 is 1.28 bits per heavy atom. The summed E-state index contributed by atoms with van der Waals surface area (Å²) in [5.74, 6) is 1.25. The summed E-state index contributed by atoms with van der Waals surface area (Å²) >= 11 is 5.80. The number of halogens is 1. The lowest BCUT2D eigenvalue weighted by atomic mass is 10.0. The van der Waals surface area contributed by atoms with Gasteiger partial charge >= 0.3 is 0 Å². The van der Waals surface area contributed by atoms with Gasteiger partial charge in [0.15, 0.2) is 0 Å². The summed E-state index contributed by atoms with van der Waals surface area (Å²) < 4.78 is 0. The van der Waals surface area contributed by atoms with Crippen molar-refractivity contribution in [2.75, 3.05) is 5.32 Å². The smallest absolute Gasteiger partial charge is 0.224 e. The van der Waals surface area contributed by atoms with Gasteiger partial charge in [-0.2, -0.15) is 0 Å². The van der Waals surface area contributed by atoms with E-state index in [1.54, 1.807) is 6.20 Å². The van der Waals surface area contributed by atoms with Crippen LogP contribution in [0.25, 0.3) is 0 Å². The molecular weight excluding hydrogens is 246 g/mol. The van der Waals surface area contributed by atoms with E-state index >= 15 is 0 Å². The highest BCUT2D eigenvalue weighted by Gasteiger charge is 2.04. The third-order valence-corrected chi connectivity index (χ3v) is 2.94. The van der Waals surface area contributed by atoms with E-state index in [1.165, 1.54) is 5.56 Å². The summed E-state index contributed by atoms with van der Waals surface area (Å²) in [4.78, 5) is 8.13. The van der Waals surface area contributed by atoms with Crippen LogP contribution in [0.3, 0.4) is 0 Å². The summed E-state index contributed by atoms with van der Waals surface area (Å²) in [7, 11) is 0. The van der Waals surface area contributed by atoms with Crippen LogP contribution in [0.5, 0.6) is 0 Å². The minimum atomic E-state index is 0.253. The summed E-state index contributed by atoms with van der Waals surface area (Å²) in [6, 6.07) is 8.30. The fourth-order valence-corrected chi connectivity index (χ4v) is 1.79. The van der Waals surface area contributed by atoms with Crippen molar-refractivity contribution in [3.05, 3.63) is 46.9 Å². The molecule has 4 heteroatoms. The third kappa shape index (κ3) is 2.99. The highest BCUT2D eigenvalue weighted by atomic mass is 35.5. The largest absolute Gasteiger partial charge is 0.340 e. The van der Waals surface area contributed by atoms with E-state index in [-0.39, 0.29) is 5.28 Å². The van der Waals surface area contributed by atoms with Crippen LogP contribution < -0.4 is 5.32 Å². The Hall–Kier alpha value is -1.61. The normalized spacial score (nSPS) is 10.7. The van der Waals surface area contributed by atoms with Crippen LogP contribution in [-0.2, 0) is 0 Å². The zero-order valence-corrected chi connectivity index (χ0v) is 11.5. The first kappa shape index (κ1) is 12.8. The van der Waals surface area contributed by atoms with Crippen molar-refractivity contribution in [2.24, 2.45) is 0 Å². The third-order valence-electron chi connectivity index (χ3n) is 2.76. The second-order valence-electron chi connectivity index (χ2n) is 4.58. The molecule has 0 saturated carbocycles. The Bertz CT molecular complexity index is 552. The number of anilines is 2. The molecule has 0 saturated heterocycles. The molecule has 1 aromatic heterocycles. The first-order valence-electron chi connectivity index (χ1n) is 5.92. The van der Waals surface area contributed by atoms with Gasteiger partial charge in [0.25, 0.3) is 0 Å². The standard InChI is InChI=1S/C14H16ClN3/c1-9(2)11-5-4-6-12(7-11)17-13-10(3)8-16-14(15)18-13/h4-9H,1-3H3,(H,16,17,18). The van der Waals surface area contributed by atoms with Crippen LogP contribution in [0.1, 0.15) is 30.9 Å². The van der Waals surface area contributed by atoms with Crippen LogP contribution in [-0.4, -0.2) is 9.97 Å². The number of aromatic nitrogens is 2. The molecule has 0 unspecified atom stereocenters. The number of nitrogens with zero attached hydrogens (tertiary/aromatic N) is 2. The molecule has 0 radical (unpaired) electrons. The van der Waals surface area contributed by atoms with Crippen molar-refractivity contribution in [3.8, 4) is 0 Å². The van der Waals surface area contributed by atoms with Crippen LogP contribution in [0.4, 0.5) is 11.5 Å². The Labute approximate surface area is 112 Å². The van der Waals surface area contributed by atoms with Gasteiger partial charge in [-0.05, 0) is 42.1 Å². The Kier molecular flexibility index (Phi) is 3.82. The Balaban J connectivity index is 2.28. The monoisotopic (exact) mass is 261 g/mol. The molecule has 3 nitrogen and oxygen atoms in total. The van der Waals surface area contributed by atoms with Crippen molar-refractivity contribution < 1.29 is 0 Å². The maximum Gasteiger partial charge on any atom is 0.224 e. The number of rotatable bonds is 3. The zero-order chi connectivity index (χ0) is 13.1. The average molecular weight is 262 g/mol. The lowest BCUT2D eigenvalue weighted by Gasteiger charge is -2.11. The molecule has 0 amide bonds. The quantitative estimate of drug-likeness (QED) is 0.837. The first-order valence-corrected chi connectivity index (χ1v) is 6.30. The van der Waals surface area contributed by atoms with Gasteiger partial charge in [0.1, 0.15) is 5.82 Å². The molecule has 1 N–H and O–H groups in total. The molecular formula is C14H16ClN3. The van der Waals surface area contributed by atoms with Crippen LogP contribution in [0, 0.1) is 6.92 Å². The van der Waals surface area contributed by atoms with Crippen molar-refractivity contribution in [1.29, 1.82) is 0 Å². The minimum absolute atomic E-state index is 0.253. The van der Waals surface area contributed by atoms with E-state index in [0.717, 1.165) is 17.1 Å². The SMILES string of the molecule is Cc1cnc(Cl)nc1Nc1cccc(C(C)C)c1. The van der Waals surface area contributed by atoms with Crippen molar-refractivity contribution >= 4 is 23.1 Å². The molecule has 94 valence electrons. The van der Waals surface area contributed by atoms with Gasteiger partial charge in [-0.15, -0.1) is 0 Å². The van der Waals surface area contributed by atoms with Gasteiger partial charge in [0.2, 0.25) is 5.28 Å². The predicted molar refractivity (Wildman–Crippen MR) is 75.6 cm³/mol. The van der Waals surface area contributed by atoms with Gasteiger partial charge in [-0.25, -0.2) is 9.97 Å². The molecule has 1 aromatic carbocycles. The maximum absolute atomic E-state index is 5.80. The lowest BCUT2D eigenvalue weighted by molar-refractivity contribution is 0.867. The number of benzene rings is 1. The topological polar surface area (TPSA) is 37.8 Å². The summed E-state index contributed by atoms with van der Waals surface area (Å²) in [6.45, 7) is 6.29. The molecule has 0 bridgehead atoms. The molecule has 0 spiro atoms. The molecule has 1 heterocycles. The molecule has 0 fully saturated rings. The van der Waals surface area contributed by atoms with E-state index in [4.69, 9.17) is 11.6 Å². The average Bonchev–Trinajstić information content (AvgIpc) is 2.34. The molecule has 0 aliphatic rings. The second-order valence-corrected chi connectivity index (χ2v) is 4.91. The zero-order valence-electron chi connectivity index (χ0n) is 10.7. The van der Waals surface area contributed by atoms with Gasteiger partial charge in [-0.3, -0.25) is 0 Å². The molecule has 2 aromatic rings. The summed E-state index contributed by atoms with van der Waals surface area (Å²) in [6.07, 6.45) is 1.71. The van der Waals surface area contributed by atoms with Gasteiger partial charge in [0.05, 0.1) is 0 Å². The van der Waals surface area contributed by atoms with E-state index in [2.05, 4.69) is 41.3 Å². The summed E-state index contributed by atoms with van der Waals surface area (Å²) in [5, 5.41) is 3.53. The fraction of sp³-hybridized carbons (Fsp3) is 0.286. The number of hydrogen-bond donors (Lipinski definition) is 1. The highest BCUT2D eigenvalue weighted by Crippen LogP contribution is 2.22. The van der Waals surface area contributed by atoms with Gasteiger partial charge in [0, 0.05) is 17.4 Å². The van der Waals surface area contributed by atoms with Crippen molar-refractivity contribution in [3.63, 3.8) is 0 Å². The van der Waals surface area contributed by atoms with E-state index < -0.39 is 0 Å². The number of aryl methyl sites for hydroxylation is 1. The van der Waals surface area contributed by atoms with Gasteiger partial charge in [-0.1, -0.05) is 26.0 Å². The number of nitrogens with one attached hydrogen (secondary N) is 1. The van der Waals surface area contributed by atoms with Crippen molar-refractivity contribution in [1.82, 2.24) is 9.97 Å². The molecule has 0 aliphatic carbocycles. The number of hydrogen-bond acceptors (Lipinski definition) is 3. The van der Waals surface area contributed by atoms with Gasteiger partial charge < -0.3 is 5.32 Å². The molecule has 18 heavy (non-hydrogen) atoms. The van der Waals surface area contributed by atoms with Crippen LogP contribution >= 0.6 is 11.6 Å². The maximum atomic E-state index is 5.80. The second kappa shape index (κ2) is 5.36. The Morgan fingerprint density at radius 3 is 2.78 bits per heavy atom. The molecule has 0 atom stereocenters. The summed E-state index contributed by atoms with van der Waals surface area (Å²) in [5.41, 5.74) is 3.27. The molecule has 2 rings (SSSR count). The fourth-order valence-electron chi connectivity index (χ4n) is 1.66. The van der Waals surface area contributed by atoms with E-state index in [0.29, 0.717) is 5.92 Å². The van der Waals surface area contributed by atoms with E-state index in [1.807, 2.05) is 19.1 Å². The van der Waals surface area contributed by atoms with E-state index in [9.17, 15) is 0 Å². The minimum Gasteiger partial charge on any atom is -0.340 e.